The second-order valence-corrected chi connectivity index (χ2v) is 15.6. The predicted molar refractivity (Wildman–Crippen MR) is 238 cm³/mol. The van der Waals surface area contributed by atoms with Crippen molar-refractivity contribution in [3.05, 3.63) is 48.6 Å². The lowest BCUT2D eigenvalue weighted by Gasteiger charge is -2.18. The molecule has 0 aliphatic rings. The minimum atomic E-state index is -0.783. The van der Waals surface area contributed by atoms with Crippen LogP contribution in [0.25, 0.3) is 0 Å². The molecular formula is C50H88O6. The molecule has 0 saturated carbocycles. The topological polar surface area (TPSA) is 78.9 Å². The van der Waals surface area contributed by atoms with E-state index < -0.39 is 6.10 Å². The highest BCUT2D eigenvalue weighted by Gasteiger charge is 2.19. The third-order valence-corrected chi connectivity index (χ3v) is 10.1. The first kappa shape index (κ1) is 53.4. The molecule has 56 heavy (non-hydrogen) atoms. The van der Waals surface area contributed by atoms with E-state index in [4.69, 9.17) is 14.2 Å². The normalized spacial score (nSPS) is 12.4. The lowest BCUT2D eigenvalue weighted by Crippen LogP contribution is -2.30. The van der Waals surface area contributed by atoms with Gasteiger partial charge in [0, 0.05) is 19.3 Å². The maximum absolute atomic E-state index is 12.7. The number of carbonyl (C=O) groups is 3. The van der Waals surface area contributed by atoms with Crippen LogP contribution in [0.1, 0.15) is 233 Å². The monoisotopic (exact) mass is 785 g/mol. The molecule has 324 valence electrons. The summed E-state index contributed by atoms with van der Waals surface area (Å²) in [6.07, 6.45) is 52.3. The summed E-state index contributed by atoms with van der Waals surface area (Å²) in [5.41, 5.74) is 0. The molecule has 6 heteroatoms. The lowest BCUT2D eigenvalue weighted by molar-refractivity contribution is -0.167. The van der Waals surface area contributed by atoms with Crippen LogP contribution in [-0.2, 0) is 28.6 Å². The Kier molecular flexibility index (Phi) is 43.0. The fourth-order valence-corrected chi connectivity index (χ4v) is 6.51. The van der Waals surface area contributed by atoms with E-state index in [0.29, 0.717) is 19.3 Å². The highest BCUT2D eigenvalue weighted by Crippen LogP contribution is 2.14. The Bertz CT molecular complexity index is 996. The van der Waals surface area contributed by atoms with Crippen molar-refractivity contribution in [3.63, 3.8) is 0 Å². The Morgan fingerprint density at radius 1 is 0.375 bits per heavy atom. The van der Waals surface area contributed by atoms with Crippen LogP contribution >= 0.6 is 0 Å². The minimum absolute atomic E-state index is 0.0853. The number of carbonyl (C=O) groups excluding carboxylic acids is 3. The number of allylic oxidation sites excluding steroid dienone is 8. The molecule has 0 aromatic rings. The van der Waals surface area contributed by atoms with Gasteiger partial charge in [-0.2, -0.15) is 0 Å². The number of hydrogen-bond acceptors (Lipinski definition) is 6. The van der Waals surface area contributed by atoms with E-state index in [-0.39, 0.29) is 31.1 Å². The first-order chi connectivity index (χ1) is 27.5. The fraction of sp³-hybridized carbons (Fsp3) is 0.780. The van der Waals surface area contributed by atoms with Crippen molar-refractivity contribution in [2.24, 2.45) is 0 Å². The van der Waals surface area contributed by atoms with Crippen LogP contribution in [0.2, 0.25) is 0 Å². The average molecular weight is 785 g/mol. The predicted octanol–water partition coefficient (Wildman–Crippen LogP) is 15.1. The van der Waals surface area contributed by atoms with Crippen molar-refractivity contribution >= 4 is 17.9 Å². The summed E-state index contributed by atoms with van der Waals surface area (Å²) in [6, 6.07) is 0. The summed E-state index contributed by atoms with van der Waals surface area (Å²) in [7, 11) is 0. The molecule has 1 atom stereocenters. The van der Waals surface area contributed by atoms with Crippen molar-refractivity contribution in [2.75, 3.05) is 13.2 Å². The molecule has 0 rings (SSSR count). The van der Waals surface area contributed by atoms with Crippen LogP contribution in [0.4, 0.5) is 0 Å². The van der Waals surface area contributed by atoms with Gasteiger partial charge in [0.1, 0.15) is 13.2 Å². The summed E-state index contributed by atoms with van der Waals surface area (Å²) in [6.45, 7) is 6.46. The number of unbranched alkanes of at least 4 members (excludes halogenated alkanes) is 23. The van der Waals surface area contributed by atoms with Gasteiger partial charge in [-0.3, -0.25) is 14.4 Å². The highest BCUT2D eigenvalue weighted by atomic mass is 16.6. The maximum Gasteiger partial charge on any atom is 0.306 e. The summed E-state index contributed by atoms with van der Waals surface area (Å²) >= 11 is 0. The van der Waals surface area contributed by atoms with Gasteiger partial charge < -0.3 is 14.2 Å². The van der Waals surface area contributed by atoms with Crippen molar-refractivity contribution in [1.29, 1.82) is 0 Å². The summed E-state index contributed by atoms with van der Waals surface area (Å²) < 4.78 is 16.7. The Balaban J connectivity index is 4.42. The molecule has 0 aromatic carbocycles. The second kappa shape index (κ2) is 45.1. The molecule has 0 fully saturated rings. The van der Waals surface area contributed by atoms with Crippen molar-refractivity contribution in [1.82, 2.24) is 0 Å². The average Bonchev–Trinajstić information content (AvgIpc) is 3.19. The summed E-state index contributed by atoms with van der Waals surface area (Å²) in [4.78, 5) is 37.8. The lowest BCUT2D eigenvalue weighted by atomic mass is 10.0. The minimum Gasteiger partial charge on any atom is -0.462 e. The van der Waals surface area contributed by atoms with E-state index >= 15 is 0 Å². The molecule has 0 aromatic heterocycles. The van der Waals surface area contributed by atoms with E-state index in [1.807, 2.05) is 0 Å². The maximum atomic E-state index is 12.7. The molecule has 6 nitrogen and oxygen atoms in total. The molecule has 0 aliphatic heterocycles. The van der Waals surface area contributed by atoms with Gasteiger partial charge in [0.05, 0.1) is 0 Å². The Hall–Kier alpha value is -2.63. The van der Waals surface area contributed by atoms with Crippen molar-refractivity contribution in [2.45, 2.75) is 239 Å². The number of esters is 3. The van der Waals surface area contributed by atoms with Gasteiger partial charge in [-0.15, -0.1) is 0 Å². The van der Waals surface area contributed by atoms with Crippen LogP contribution < -0.4 is 0 Å². The summed E-state index contributed by atoms with van der Waals surface area (Å²) in [5, 5.41) is 0. The highest BCUT2D eigenvalue weighted by molar-refractivity contribution is 5.71. The smallest absolute Gasteiger partial charge is 0.306 e. The van der Waals surface area contributed by atoms with Gasteiger partial charge in [0.2, 0.25) is 0 Å². The van der Waals surface area contributed by atoms with Gasteiger partial charge in [0.25, 0.3) is 0 Å². The standard InChI is InChI=1S/C50H88O6/c1-4-7-10-13-16-19-22-25-28-31-34-37-40-43-49(52)55-46-47(45-54-48(51)42-39-36-33-30-27-24-21-18-15-12-9-6-3)56-50(53)44-41-38-35-32-29-26-23-20-17-14-11-8-5-2/h7,10,16,18-19,21,25,28,47H,4-6,8-9,11-15,17,20,22-24,26-27,29-46H2,1-3H3/b10-7-,19-16-,21-18-,28-25-. The molecule has 0 bridgehead atoms. The molecule has 0 aliphatic carbocycles. The van der Waals surface area contributed by atoms with Gasteiger partial charge in [-0.05, 0) is 77.0 Å². The SMILES string of the molecule is CC/C=C\C/C=C\C/C=C\CCCCCC(=O)OCC(COC(=O)CCCCCCC/C=C\CCCCC)OC(=O)CCCCCCCCCCCCCCC. The molecular weight excluding hydrogens is 697 g/mol. The van der Waals surface area contributed by atoms with E-state index in [1.165, 1.54) is 103 Å². The van der Waals surface area contributed by atoms with Gasteiger partial charge in [0.15, 0.2) is 6.10 Å². The molecule has 0 radical (unpaired) electrons. The quantitative estimate of drug-likeness (QED) is 0.0265. The second-order valence-electron chi connectivity index (χ2n) is 15.6. The largest absolute Gasteiger partial charge is 0.462 e. The third-order valence-electron chi connectivity index (χ3n) is 10.1. The number of hydrogen-bond donors (Lipinski definition) is 0. The Morgan fingerprint density at radius 2 is 0.696 bits per heavy atom. The molecule has 0 N–H and O–H groups in total. The van der Waals surface area contributed by atoms with E-state index in [1.54, 1.807) is 0 Å². The molecule has 0 heterocycles. The van der Waals surface area contributed by atoms with Crippen molar-refractivity contribution < 1.29 is 28.6 Å². The number of rotatable bonds is 42. The van der Waals surface area contributed by atoms with Crippen LogP contribution in [0.15, 0.2) is 48.6 Å². The summed E-state index contributed by atoms with van der Waals surface area (Å²) in [5.74, 6) is -0.922. The van der Waals surface area contributed by atoms with E-state index in [2.05, 4.69) is 69.4 Å². The van der Waals surface area contributed by atoms with Crippen LogP contribution in [-0.4, -0.2) is 37.2 Å². The van der Waals surface area contributed by atoms with Crippen LogP contribution in [0.5, 0.6) is 0 Å². The third kappa shape index (κ3) is 42.5. The zero-order chi connectivity index (χ0) is 40.8. The van der Waals surface area contributed by atoms with E-state index in [0.717, 1.165) is 89.9 Å². The van der Waals surface area contributed by atoms with Gasteiger partial charge in [-0.1, -0.05) is 185 Å². The first-order valence-corrected chi connectivity index (χ1v) is 23.6. The molecule has 0 saturated heterocycles. The van der Waals surface area contributed by atoms with Gasteiger partial charge in [-0.25, -0.2) is 0 Å². The van der Waals surface area contributed by atoms with E-state index in [9.17, 15) is 14.4 Å². The fourth-order valence-electron chi connectivity index (χ4n) is 6.51. The number of ether oxygens (including phenoxy) is 3. The zero-order valence-corrected chi connectivity index (χ0v) is 36.9. The Morgan fingerprint density at radius 3 is 1.16 bits per heavy atom. The van der Waals surface area contributed by atoms with Crippen LogP contribution in [0, 0.1) is 0 Å². The Labute approximate surface area is 346 Å². The first-order valence-electron chi connectivity index (χ1n) is 23.6. The van der Waals surface area contributed by atoms with Crippen molar-refractivity contribution in [3.8, 4) is 0 Å². The van der Waals surface area contributed by atoms with Gasteiger partial charge >= 0.3 is 17.9 Å². The molecule has 0 amide bonds. The molecule has 1 unspecified atom stereocenters. The zero-order valence-electron chi connectivity index (χ0n) is 36.9. The molecule has 0 spiro atoms. The van der Waals surface area contributed by atoms with Crippen LogP contribution in [0.3, 0.4) is 0 Å².